The monoisotopic (exact) mass is 496 g/mol. The van der Waals surface area contributed by atoms with Crippen molar-refractivity contribution in [2.45, 2.75) is 11.2 Å². The molecule has 3 atom stereocenters. The Kier molecular flexibility index (Phi) is 5.43. The maximum atomic E-state index is 13.9. The Labute approximate surface area is 203 Å². The summed E-state index contributed by atoms with van der Waals surface area (Å²) < 4.78 is 21.0. The van der Waals surface area contributed by atoms with Crippen LogP contribution < -0.4 is 24.8 Å². The van der Waals surface area contributed by atoms with Crippen LogP contribution in [-0.4, -0.2) is 50.3 Å². The molecule has 0 aliphatic carbocycles. The number of hydrogen-bond acceptors (Lipinski definition) is 10. The van der Waals surface area contributed by atoms with Crippen LogP contribution in [-0.2, 0) is 19.1 Å². The van der Waals surface area contributed by atoms with Crippen molar-refractivity contribution in [1.82, 2.24) is 0 Å². The van der Waals surface area contributed by atoms with Crippen LogP contribution in [0.3, 0.4) is 0 Å². The van der Waals surface area contributed by atoms with Gasteiger partial charge in [-0.1, -0.05) is 23.9 Å². The zero-order chi connectivity index (χ0) is 25.0. The van der Waals surface area contributed by atoms with Crippen LogP contribution in [0.25, 0.3) is 0 Å². The van der Waals surface area contributed by atoms with Gasteiger partial charge in [-0.2, -0.15) is 0 Å². The second-order valence-electron chi connectivity index (χ2n) is 7.98. The second-order valence-corrected chi connectivity index (χ2v) is 9.16. The Bertz CT molecular complexity index is 1340. The van der Waals surface area contributed by atoms with Crippen molar-refractivity contribution in [2.75, 3.05) is 26.2 Å². The number of rotatable bonds is 4. The summed E-state index contributed by atoms with van der Waals surface area (Å²) in [5.41, 5.74) is 7.14. The predicted molar refractivity (Wildman–Crippen MR) is 124 cm³/mol. The summed E-state index contributed by atoms with van der Waals surface area (Å²) in [5.74, 6) is -3.44. The molecule has 0 unspecified atom stereocenters. The van der Waals surface area contributed by atoms with E-state index in [0.29, 0.717) is 11.3 Å². The molecule has 1 saturated heterocycles. The number of esters is 2. The van der Waals surface area contributed by atoms with E-state index < -0.39 is 40.8 Å². The van der Waals surface area contributed by atoms with E-state index in [9.17, 15) is 19.2 Å². The fraction of sp³-hybridized carbons (Fsp3) is 0.250. The predicted octanol–water partition coefficient (Wildman–Crippen LogP) is 1.97. The molecule has 11 heteroatoms. The number of ether oxygens (including phenoxy) is 4. The van der Waals surface area contributed by atoms with E-state index in [0.717, 1.165) is 16.7 Å². The van der Waals surface area contributed by atoms with Crippen LogP contribution in [0.4, 0.5) is 5.69 Å². The van der Waals surface area contributed by atoms with Crippen molar-refractivity contribution in [3.05, 3.63) is 58.1 Å². The summed E-state index contributed by atoms with van der Waals surface area (Å²) in [6.07, 6.45) is 0. The average molecular weight is 496 g/mol. The maximum absolute atomic E-state index is 13.9. The Morgan fingerprint density at radius 3 is 2.46 bits per heavy atom. The van der Waals surface area contributed by atoms with Gasteiger partial charge in [0.1, 0.15) is 11.0 Å². The van der Waals surface area contributed by atoms with Gasteiger partial charge < -0.3 is 24.7 Å². The Morgan fingerprint density at radius 2 is 1.77 bits per heavy atom. The lowest BCUT2D eigenvalue weighted by atomic mass is 9.77. The van der Waals surface area contributed by atoms with Gasteiger partial charge in [-0.3, -0.25) is 9.59 Å². The fourth-order valence-corrected chi connectivity index (χ4v) is 6.00. The quantitative estimate of drug-likeness (QED) is 0.380. The van der Waals surface area contributed by atoms with Crippen LogP contribution in [0, 0.1) is 5.92 Å². The average Bonchev–Trinajstić information content (AvgIpc) is 3.11. The molecule has 0 radical (unpaired) electrons. The van der Waals surface area contributed by atoms with Gasteiger partial charge in [0.2, 0.25) is 11.8 Å². The lowest BCUT2D eigenvalue weighted by Crippen LogP contribution is -2.39. The first-order valence-corrected chi connectivity index (χ1v) is 11.4. The molecule has 2 aromatic rings. The van der Waals surface area contributed by atoms with Gasteiger partial charge in [0.05, 0.1) is 49.1 Å². The zero-order valence-electron chi connectivity index (χ0n) is 18.9. The van der Waals surface area contributed by atoms with Crippen LogP contribution in [0.1, 0.15) is 21.8 Å². The van der Waals surface area contributed by atoms with Crippen LogP contribution in [0.5, 0.6) is 17.2 Å². The molecule has 35 heavy (non-hydrogen) atoms. The normalized spacial score (nSPS) is 22.8. The van der Waals surface area contributed by atoms with E-state index in [1.165, 1.54) is 39.5 Å². The number of thioether (sulfide) groups is 1. The zero-order valence-corrected chi connectivity index (χ0v) is 19.7. The van der Waals surface area contributed by atoms with Crippen molar-refractivity contribution in [3.8, 4) is 17.2 Å². The molecule has 3 aliphatic heterocycles. The third-order valence-corrected chi connectivity index (χ3v) is 7.53. The molecule has 0 aromatic heterocycles. The number of carbonyl (C=O) groups is 4. The molecular formula is C24H20N2O8S. The van der Waals surface area contributed by atoms with Crippen LogP contribution in [0.15, 0.2) is 47.0 Å². The van der Waals surface area contributed by atoms with E-state index >= 15 is 0 Å². The van der Waals surface area contributed by atoms with Gasteiger partial charge in [-0.25, -0.2) is 14.5 Å². The van der Waals surface area contributed by atoms with Gasteiger partial charge in [0.25, 0.3) is 0 Å². The number of anilines is 1. The molecule has 0 bridgehead atoms. The highest BCUT2D eigenvalue weighted by Gasteiger charge is 2.59. The lowest BCUT2D eigenvalue weighted by molar-refractivity contribution is -0.132. The first-order valence-electron chi connectivity index (χ1n) is 10.5. The van der Waals surface area contributed by atoms with Crippen LogP contribution in [0.2, 0.25) is 0 Å². The van der Waals surface area contributed by atoms with Crippen molar-refractivity contribution in [2.24, 2.45) is 11.7 Å². The van der Waals surface area contributed by atoms with E-state index in [4.69, 9.17) is 24.7 Å². The molecule has 0 saturated carbocycles. The number of carbonyl (C=O) groups excluding carboxylic acids is 4. The standard InChI is InChI=1S/C24H20N2O8S/c1-31-13-8-7-10(23(29)33-3)9-12(13)26-21(27)16-15-11-5-4-6-14(32-2)18(11)34-24(30)17(15)20(25)35-19(16)22(26)28/h4-9,15-16,19H,25H2,1-3H3/t15-,16-,19-/m1/s1. The molecule has 180 valence electrons. The fourth-order valence-electron chi connectivity index (χ4n) is 4.76. The number of nitrogens with zero attached hydrogens (tertiary/aromatic N) is 1. The molecule has 10 nitrogen and oxygen atoms in total. The number of benzene rings is 2. The third kappa shape index (κ3) is 3.26. The molecule has 2 N–H and O–H groups in total. The van der Waals surface area contributed by atoms with Crippen molar-refractivity contribution >= 4 is 41.2 Å². The molecular weight excluding hydrogens is 476 g/mol. The number of methoxy groups -OCH3 is 3. The number of fused-ring (bicyclic) bond motifs is 5. The van der Waals surface area contributed by atoms with E-state index in [2.05, 4.69) is 0 Å². The number of hydrogen-bond donors (Lipinski definition) is 1. The van der Waals surface area contributed by atoms with Gasteiger partial charge in [0, 0.05) is 11.5 Å². The van der Waals surface area contributed by atoms with E-state index in [-0.39, 0.29) is 33.4 Å². The second kappa shape index (κ2) is 8.35. The molecule has 5 rings (SSSR count). The SMILES string of the molecule is COC(=O)c1ccc(OC)c(N2C(=O)[C@@H]3[C@@H]4C(=C(N)S[C@H]3C2=O)C(=O)Oc2c(OC)cccc24)c1. The van der Waals surface area contributed by atoms with Crippen LogP contribution >= 0.6 is 11.8 Å². The highest BCUT2D eigenvalue weighted by molar-refractivity contribution is 8.04. The summed E-state index contributed by atoms with van der Waals surface area (Å²) in [5, 5.41) is -0.777. The highest BCUT2D eigenvalue weighted by Crippen LogP contribution is 2.56. The van der Waals surface area contributed by atoms with Crippen molar-refractivity contribution in [3.63, 3.8) is 0 Å². The summed E-state index contributed by atoms with van der Waals surface area (Å²) in [6, 6.07) is 9.38. The molecule has 0 spiro atoms. The minimum atomic E-state index is -0.944. The maximum Gasteiger partial charge on any atom is 0.342 e. The molecule has 3 aliphatic rings. The Balaban J connectivity index is 1.66. The number of amides is 2. The molecule has 3 heterocycles. The third-order valence-electron chi connectivity index (χ3n) is 6.30. The van der Waals surface area contributed by atoms with Gasteiger partial charge in [-0.15, -0.1) is 0 Å². The largest absolute Gasteiger partial charge is 0.495 e. The summed E-state index contributed by atoms with van der Waals surface area (Å²) in [7, 11) is 4.06. The number of imide groups is 1. The smallest absolute Gasteiger partial charge is 0.342 e. The van der Waals surface area contributed by atoms with Gasteiger partial charge >= 0.3 is 11.9 Å². The molecule has 2 aromatic carbocycles. The first kappa shape index (κ1) is 22.8. The topological polar surface area (TPSA) is 134 Å². The van der Waals surface area contributed by atoms with Crippen molar-refractivity contribution < 1.29 is 38.1 Å². The first-order chi connectivity index (χ1) is 16.8. The molecule has 1 fully saturated rings. The lowest BCUT2D eigenvalue weighted by Gasteiger charge is -2.36. The Morgan fingerprint density at radius 1 is 1.03 bits per heavy atom. The highest BCUT2D eigenvalue weighted by atomic mass is 32.2. The summed E-state index contributed by atoms with van der Waals surface area (Å²) >= 11 is 0.951. The van der Waals surface area contributed by atoms with Gasteiger partial charge in [-0.05, 0) is 24.3 Å². The Hall–Kier alpha value is -3.99. The molecule has 2 amide bonds. The summed E-state index contributed by atoms with van der Waals surface area (Å²) in [4.78, 5) is 53.5. The minimum Gasteiger partial charge on any atom is -0.495 e. The van der Waals surface area contributed by atoms with Gasteiger partial charge in [0.15, 0.2) is 11.5 Å². The minimum absolute atomic E-state index is 0.102. The van der Waals surface area contributed by atoms with E-state index in [1.54, 1.807) is 18.2 Å². The van der Waals surface area contributed by atoms with Crippen molar-refractivity contribution in [1.29, 1.82) is 0 Å². The number of para-hydroxylation sites is 1. The van der Waals surface area contributed by atoms with E-state index in [1.807, 2.05) is 0 Å². The number of nitrogens with two attached hydrogens (primary N) is 1. The summed E-state index contributed by atoms with van der Waals surface area (Å²) in [6.45, 7) is 0.